The molecule has 0 radical (unpaired) electrons. The summed E-state index contributed by atoms with van der Waals surface area (Å²) < 4.78 is 86.8. The Morgan fingerprint density at radius 3 is 1.54 bits per heavy atom. The molecule has 2 aliphatic heterocycles. The number of nitrogens with zero attached hydrogens (tertiary/aromatic N) is 1. The number of aryl methyl sites for hydroxylation is 4. The summed E-state index contributed by atoms with van der Waals surface area (Å²) in [5.74, 6) is 2.76. The summed E-state index contributed by atoms with van der Waals surface area (Å²) in [6.45, 7) is 31.1. The van der Waals surface area contributed by atoms with Gasteiger partial charge in [0.15, 0.2) is 16.6 Å². The van der Waals surface area contributed by atoms with E-state index in [9.17, 15) is 16.8 Å². The van der Waals surface area contributed by atoms with Crippen LogP contribution in [0.4, 0.5) is 11.4 Å². The van der Waals surface area contributed by atoms with Crippen molar-refractivity contribution < 1.29 is 44.6 Å². The number of halogens is 1. The average molecular weight is 1020 g/mol. The number of methoxy groups -OCH3 is 2. The average Bonchev–Trinajstić information content (AvgIpc) is 3.20. The molecule has 12 nitrogen and oxygen atoms in total. The fourth-order valence-corrected chi connectivity index (χ4v) is 12.7. The molecule has 2 atom stereocenters. The van der Waals surface area contributed by atoms with Gasteiger partial charge in [-0.05, 0) is 135 Å². The highest BCUT2D eigenvalue weighted by atomic mass is 35.7. The molecule has 0 saturated carbocycles. The van der Waals surface area contributed by atoms with Gasteiger partial charge < -0.3 is 33.1 Å². The third kappa shape index (κ3) is 14.6. The monoisotopic (exact) mass is 1020 g/mol. The molecule has 67 heavy (non-hydrogen) atoms. The van der Waals surface area contributed by atoms with Crippen LogP contribution in [0.3, 0.4) is 0 Å². The van der Waals surface area contributed by atoms with Crippen molar-refractivity contribution in [3.8, 4) is 23.0 Å². The first kappa shape index (κ1) is 59.3. The number of anilines is 2. The standard InChI is InChI=1S/C24H35NO5SSi.C15H25NO2Si.C9H11ClO3S.2CH4/c1-17-13-20(28-6)14-18(2)23(17)31(26,27)25-19(16-30-32(7,8)24(3,4)5)15-29-22-12-10-9-11-21(22)25;1-15(2,3)19(4,5)18-11-12-10-17-14-9-7-6-8-13(14)16-12;1-6-4-8(13-3)5-7(2)9(6)14(10,11)12;;/h9-14,19H,15-16H2,1-8H3;6-9,12,16H,10-11H2,1-5H3;4-5H,1-3H3;2*1H4. The Bertz CT molecular complexity index is 2460. The summed E-state index contributed by atoms with van der Waals surface area (Å²) in [6.07, 6.45) is 0. The molecule has 4 aromatic carbocycles. The minimum atomic E-state index is -3.88. The van der Waals surface area contributed by atoms with Gasteiger partial charge >= 0.3 is 0 Å². The maximum Gasteiger partial charge on any atom is 0.265 e. The Morgan fingerprint density at radius 2 is 1.07 bits per heavy atom. The van der Waals surface area contributed by atoms with Gasteiger partial charge in [0, 0.05) is 10.7 Å². The van der Waals surface area contributed by atoms with Crippen LogP contribution in [-0.2, 0) is 27.9 Å². The lowest BCUT2D eigenvalue weighted by Crippen LogP contribution is -2.52. The zero-order chi connectivity index (χ0) is 48.9. The number of sulfonamides is 1. The fraction of sp³-hybridized carbons (Fsp3) is 0.520. The molecule has 4 aromatic rings. The van der Waals surface area contributed by atoms with Crippen LogP contribution in [0.15, 0.2) is 82.6 Å². The third-order valence-electron chi connectivity index (χ3n) is 12.5. The lowest BCUT2D eigenvalue weighted by atomic mass is 10.1. The second-order valence-corrected chi connectivity index (χ2v) is 33.5. The first-order valence-corrected chi connectivity index (χ1v) is 31.3. The Kier molecular flexibility index (Phi) is 20.6. The number of hydrogen-bond acceptors (Lipinski definition) is 11. The summed E-state index contributed by atoms with van der Waals surface area (Å²) in [7, 11) is -2.90. The molecule has 2 unspecified atom stereocenters. The molecule has 0 aliphatic carbocycles. The van der Waals surface area contributed by atoms with Gasteiger partial charge in [-0.3, -0.25) is 4.31 Å². The van der Waals surface area contributed by atoms with E-state index in [4.69, 9.17) is 38.5 Å². The minimum absolute atomic E-state index is 0. The van der Waals surface area contributed by atoms with E-state index in [1.807, 2.05) is 36.4 Å². The zero-order valence-corrected chi connectivity index (χ0v) is 45.5. The van der Waals surface area contributed by atoms with E-state index in [1.165, 1.54) is 11.4 Å². The molecular weight excluding hydrogens is 944 g/mol. The number of nitrogens with one attached hydrogen (secondary N) is 1. The SMILES string of the molecule is C.C.CC(C)(C)[Si](C)(C)OCC1COc2ccccc2N1.COc1cc(C)c(S(=O)(=O)Cl)c(C)c1.COc1cc(C)c(S(=O)(=O)N2c3ccccc3OCC2CO[Si](C)(C)C(C)(C)C)c(C)c1. The molecule has 17 heteroatoms. The van der Waals surface area contributed by atoms with Gasteiger partial charge in [0.05, 0.1) is 54.6 Å². The van der Waals surface area contributed by atoms with Crippen molar-refractivity contribution in [3.05, 3.63) is 95.1 Å². The van der Waals surface area contributed by atoms with Crippen molar-refractivity contribution in [2.24, 2.45) is 0 Å². The lowest BCUT2D eigenvalue weighted by molar-refractivity contribution is 0.199. The van der Waals surface area contributed by atoms with Gasteiger partial charge in [-0.2, -0.15) is 0 Å². The molecule has 376 valence electrons. The van der Waals surface area contributed by atoms with Crippen LogP contribution >= 0.6 is 10.7 Å². The molecule has 0 spiro atoms. The molecule has 0 bridgehead atoms. The highest BCUT2D eigenvalue weighted by Crippen LogP contribution is 2.42. The molecule has 2 aliphatic rings. The van der Waals surface area contributed by atoms with Crippen molar-refractivity contribution in [2.75, 3.05) is 50.3 Å². The molecule has 0 aromatic heterocycles. The summed E-state index contributed by atoms with van der Waals surface area (Å²) in [4.78, 5) is 0.465. The van der Waals surface area contributed by atoms with Crippen LogP contribution in [0.2, 0.25) is 36.3 Å². The smallest absolute Gasteiger partial charge is 0.265 e. The van der Waals surface area contributed by atoms with Crippen LogP contribution in [0, 0.1) is 27.7 Å². The van der Waals surface area contributed by atoms with E-state index < -0.39 is 41.8 Å². The Labute approximate surface area is 410 Å². The quantitative estimate of drug-likeness (QED) is 0.113. The van der Waals surface area contributed by atoms with Crippen molar-refractivity contribution in [3.63, 3.8) is 0 Å². The van der Waals surface area contributed by atoms with Crippen molar-refractivity contribution in [1.82, 2.24) is 0 Å². The first-order chi connectivity index (χ1) is 29.9. The number of fused-ring (bicyclic) bond motifs is 2. The summed E-state index contributed by atoms with van der Waals surface area (Å²) >= 11 is 0. The molecule has 2 heterocycles. The van der Waals surface area contributed by atoms with Gasteiger partial charge in [0.1, 0.15) is 42.3 Å². The van der Waals surface area contributed by atoms with Gasteiger partial charge in [-0.1, -0.05) is 80.7 Å². The number of ether oxygens (including phenoxy) is 4. The third-order valence-corrected chi connectivity index (χ3v) is 25.3. The molecule has 6 rings (SSSR count). The van der Waals surface area contributed by atoms with Crippen molar-refractivity contribution in [2.45, 2.75) is 142 Å². The van der Waals surface area contributed by atoms with Crippen molar-refractivity contribution >= 4 is 57.8 Å². The predicted octanol–water partition coefficient (Wildman–Crippen LogP) is 12.7. The number of hydrogen-bond donors (Lipinski definition) is 1. The van der Waals surface area contributed by atoms with Crippen LogP contribution < -0.4 is 28.6 Å². The van der Waals surface area contributed by atoms with E-state index in [0.717, 1.165) is 11.4 Å². The van der Waals surface area contributed by atoms with Crippen LogP contribution in [0.25, 0.3) is 0 Å². The van der Waals surface area contributed by atoms with Gasteiger partial charge in [0.25, 0.3) is 19.1 Å². The number of rotatable bonds is 11. The van der Waals surface area contributed by atoms with Gasteiger partial charge in [-0.15, -0.1) is 0 Å². The first-order valence-electron chi connectivity index (χ1n) is 21.7. The maximum absolute atomic E-state index is 14.1. The van der Waals surface area contributed by atoms with E-state index in [1.54, 1.807) is 71.2 Å². The summed E-state index contributed by atoms with van der Waals surface area (Å²) in [6, 6.07) is 21.9. The van der Waals surface area contributed by atoms with E-state index in [-0.39, 0.29) is 49.1 Å². The van der Waals surface area contributed by atoms with Crippen LogP contribution in [0.5, 0.6) is 23.0 Å². The molecule has 1 N–H and O–H groups in total. The number of para-hydroxylation sites is 4. The second-order valence-electron chi connectivity index (χ2n) is 19.6. The maximum atomic E-state index is 14.1. The van der Waals surface area contributed by atoms with Gasteiger partial charge in [0.2, 0.25) is 0 Å². The van der Waals surface area contributed by atoms with E-state index >= 15 is 0 Å². The van der Waals surface area contributed by atoms with Crippen LogP contribution in [0.1, 0.15) is 78.6 Å². The Hall–Kier alpha value is -3.78. The largest absolute Gasteiger partial charge is 0.497 e. The molecule has 0 fully saturated rings. The Balaban J connectivity index is 0.000000375. The number of benzene rings is 4. The minimum Gasteiger partial charge on any atom is -0.497 e. The lowest BCUT2D eigenvalue weighted by Gasteiger charge is -2.41. The normalized spacial score (nSPS) is 16.0. The van der Waals surface area contributed by atoms with Crippen molar-refractivity contribution in [1.29, 1.82) is 0 Å². The summed E-state index contributed by atoms with van der Waals surface area (Å²) in [5.41, 5.74) is 4.09. The van der Waals surface area contributed by atoms with E-state index in [2.05, 4.69) is 73.0 Å². The molecular formula is C50H79ClN2O10S2Si2. The second kappa shape index (κ2) is 23.2. The highest BCUT2D eigenvalue weighted by molar-refractivity contribution is 8.13. The van der Waals surface area contributed by atoms with Gasteiger partial charge in [-0.25, -0.2) is 16.8 Å². The topological polar surface area (TPSA) is 139 Å². The van der Waals surface area contributed by atoms with E-state index in [0.29, 0.717) is 63.3 Å². The molecule has 0 amide bonds. The summed E-state index contributed by atoms with van der Waals surface area (Å²) in [5, 5.41) is 3.76. The predicted molar refractivity (Wildman–Crippen MR) is 282 cm³/mol. The molecule has 0 saturated heterocycles. The highest BCUT2D eigenvalue weighted by Gasteiger charge is 2.43. The zero-order valence-electron chi connectivity index (χ0n) is 41.1. The Morgan fingerprint density at radius 1 is 0.657 bits per heavy atom. The van der Waals surface area contributed by atoms with Crippen LogP contribution in [-0.4, -0.2) is 86.2 Å². The fourth-order valence-electron chi connectivity index (χ4n) is 6.90.